The third kappa shape index (κ3) is 2.79. The Morgan fingerprint density at radius 3 is 2.24 bits per heavy atom. The van der Waals surface area contributed by atoms with E-state index in [1.807, 2.05) is 0 Å². The van der Waals surface area contributed by atoms with Crippen LogP contribution in [0.15, 0.2) is 40.9 Å². The SMILES string of the molecule is CNC(c1cc(C)c(Br)cc1C)C1Cc2ccccc2C1. The van der Waals surface area contributed by atoms with Gasteiger partial charge < -0.3 is 5.32 Å². The van der Waals surface area contributed by atoms with Crippen LogP contribution >= 0.6 is 15.9 Å². The Bertz CT molecular complexity index is 638. The lowest BCUT2D eigenvalue weighted by molar-refractivity contribution is 0.395. The largest absolute Gasteiger partial charge is 0.313 e. The van der Waals surface area contributed by atoms with Gasteiger partial charge in [0.15, 0.2) is 0 Å². The van der Waals surface area contributed by atoms with Crippen molar-refractivity contribution >= 4 is 15.9 Å². The molecule has 1 N–H and O–H groups in total. The maximum atomic E-state index is 3.64. The van der Waals surface area contributed by atoms with Crippen LogP contribution in [0.5, 0.6) is 0 Å². The first-order valence-corrected chi connectivity index (χ1v) is 8.40. The molecular weight excluding hydrogens is 322 g/mol. The van der Waals surface area contributed by atoms with Gasteiger partial charge >= 0.3 is 0 Å². The third-order valence-electron chi connectivity index (χ3n) is 4.75. The highest BCUT2D eigenvalue weighted by molar-refractivity contribution is 9.10. The van der Waals surface area contributed by atoms with Crippen LogP contribution in [-0.4, -0.2) is 7.05 Å². The van der Waals surface area contributed by atoms with Crippen molar-refractivity contribution in [1.29, 1.82) is 0 Å². The van der Waals surface area contributed by atoms with Gasteiger partial charge in [-0.15, -0.1) is 0 Å². The second-order valence-corrected chi connectivity index (χ2v) is 7.02. The van der Waals surface area contributed by atoms with Crippen LogP contribution in [0.4, 0.5) is 0 Å². The Balaban J connectivity index is 1.92. The minimum atomic E-state index is 0.421. The molecule has 2 aromatic rings. The molecule has 21 heavy (non-hydrogen) atoms. The summed E-state index contributed by atoms with van der Waals surface area (Å²) in [6, 6.07) is 13.9. The molecule has 0 saturated heterocycles. The summed E-state index contributed by atoms with van der Waals surface area (Å²) in [4.78, 5) is 0. The van der Waals surface area contributed by atoms with E-state index >= 15 is 0 Å². The van der Waals surface area contributed by atoms with Gasteiger partial charge in [0.2, 0.25) is 0 Å². The van der Waals surface area contributed by atoms with E-state index in [1.165, 1.54) is 45.1 Å². The van der Waals surface area contributed by atoms with Crippen LogP contribution in [-0.2, 0) is 12.8 Å². The lowest BCUT2D eigenvalue weighted by Crippen LogP contribution is -2.26. The second-order valence-electron chi connectivity index (χ2n) is 6.16. The number of fused-ring (bicyclic) bond motifs is 1. The summed E-state index contributed by atoms with van der Waals surface area (Å²) in [5, 5.41) is 3.57. The van der Waals surface area contributed by atoms with Crippen LogP contribution in [0.2, 0.25) is 0 Å². The maximum Gasteiger partial charge on any atom is 0.0355 e. The minimum Gasteiger partial charge on any atom is -0.313 e. The first-order chi connectivity index (χ1) is 10.1. The molecule has 0 aromatic heterocycles. The molecule has 0 aliphatic heterocycles. The molecule has 2 aromatic carbocycles. The van der Waals surface area contributed by atoms with Gasteiger partial charge in [0.05, 0.1) is 0 Å². The molecule has 1 nitrogen and oxygen atoms in total. The average Bonchev–Trinajstić information content (AvgIpc) is 2.88. The van der Waals surface area contributed by atoms with Crippen molar-refractivity contribution in [2.45, 2.75) is 32.7 Å². The van der Waals surface area contributed by atoms with Gasteiger partial charge in [0, 0.05) is 10.5 Å². The van der Waals surface area contributed by atoms with E-state index < -0.39 is 0 Å². The van der Waals surface area contributed by atoms with E-state index in [-0.39, 0.29) is 0 Å². The van der Waals surface area contributed by atoms with Crippen molar-refractivity contribution in [2.24, 2.45) is 5.92 Å². The molecule has 0 fully saturated rings. The maximum absolute atomic E-state index is 3.64. The summed E-state index contributed by atoms with van der Waals surface area (Å²) in [7, 11) is 2.09. The molecule has 1 atom stereocenters. The number of aryl methyl sites for hydroxylation is 2. The van der Waals surface area contributed by atoms with Gasteiger partial charge in [-0.3, -0.25) is 0 Å². The molecule has 1 aliphatic carbocycles. The number of halogens is 1. The number of hydrogen-bond donors (Lipinski definition) is 1. The van der Waals surface area contributed by atoms with Crippen molar-refractivity contribution in [3.05, 3.63) is 68.7 Å². The zero-order valence-corrected chi connectivity index (χ0v) is 14.5. The Morgan fingerprint density at radius 2 is 1.67 bits per heavy atom. The molecule has 0 heterocycles. The normalized spacial score (nSPS) is 16.0. The topological polar surface area (TPSA) is 12.0 Å². The van der Waals surface area contributed by atoms with E-state index in [9.17, 15) is 0 Å². The Labute approximate surface area is 135 Å². The molecule has 0 saturated carbocycles. The third-order valence-corrected chi connectivity index (χ3v) is 5.60. The zero-order chi connectivity index (χ0) is 15.0. The monoisotopic (exact) mass is 343 g/mol. The van der Waals surface area contributed by atoms with E-state index in [2.05, 4.69) is 78.5 Å². The van der Waals surface area contributed by atoms with Gasteiger partial charge in [-0.05, 0) is 73.5 Å². The highest BCUT2D eigenvalue weighted by Gasteiger charge is 2.29. The Hall–Kier alpha value is -1.12. The van der Waals surface area contributed by atoms with Crippen LogP contribution in [0.25, 0.3) is 0 Å². The highest BCUT2D eigenvalue weighted by atomic mass is 79.9. The van der Waals surface area contributed by atoms with E-state index in [0.717, 1.165) is 0 Å². The molecule has 1 unspecified atom stereocenters. The quantitative estimate of drug-likeness (QED) is 0.848. The average molecular weight is 344 g/mol. The lowest BCUT2D eigenvalue weighted by Gasteiger charge is -2.26. The van der Waals surface area contributed by atoms with Gasteiger partial charge in [0.25, 0.3) is 0 Å². The van der Waals surface area contributed by atoms with E-state index in [4.69, 9.17) is 0 Å². The molecule has 110 valence electrons. The first kappa shape index (κ1) is 14.8. The van der Waals surface area contributed by atoms with Gasteiger partial charge in [-0.2, -0.15) is 0 Å². The summed E-state index contributed by atoms with van der Waals surface area (Å²) >= 11 is 3.64. The zero-order valence-electron chi connectivity index (χ0n) is 12.9. The Morgan fingerprint density at radius 1 is 1.05 bits per heavy atom. The van der Waals surface area contributed by atoms with Gasteiger partial charge in [0.1, 0.15) is 0 Å². The fourth-order valence-electron chi connectivity index (χ4n) is 3.61. The smallest absolute Gasteiger partial charge is 0.0355 e. The Kier molecular flexibility index (Phi) is 4.19. The predicted molar refractivity (Wildman–Crippen MR) is 92.8 cm³/mol. The molecule has 2 heteroatoms. The molecule has 0 radical (unpaired) electrons. The molecule has 0 spiro atoms. The van der Waals surface area contributed by atoms with Crippen molar-refractivity contribution in [1.82, 2.24) is 5.32 Å². The summed E-state index contributed by atoms with van der Waals surface area (Å²) in [6.07, 6.45) is 2.35. The molecular formula is C19H22BrN. The van der Waals surface area contributed by atoms with E-state index in [0.29, 0.717) is 12.0 Å². The predicted octanol–water partition coefficient (Wildman–Crippen LogP) is 4.74. The summed E-state index contributed by atoms with van der Waals surface area (Å²) in [5.41, 5.74) is 7.16. The van der Waals surface area contributed by atoms with Gasteiger partial charge in [-0.1, -0.05) is 46.3 Å². The standard InChI is InChI=1S/C19H22BrN/c1-12-9-18(20)13(2)8-17(12)19(21-3)16-10-14-6-4-5-7-15(14)11-16/h4-9,16,19,21H,10-11H2,1-3H3. The van der Waals surface area contributed by atoms with Crippen LogP contribution < -0.4 is 5.32 Å². The number of benzene rings is 2. The summed E-state index contributed by atoms with van der Waals surface area (Å²) in [5.74, 6) is 0.645. The van der Waals surface area contributed by atoms with Crippen LogP contribution in [0, 0.1) is 19.8 Å². The number of rotatable bonds is 3. The van der Waals surface area contributed by atoms with Gasteiger partial charge in [-0.25, -0.2) is 0 Å². The van der Waals surface area contributed by atoms with Crippen molar-refractivity contribution < 1.29 is 0 Å². The number of nitrogens with one attached hydrogen (secondary N) is 1. The van der Waals surface area contributed by atoms with Crippen molar-refractivity contribution in [3.8, 4) is 0 Å². The molecule has 0 bridgehead atoms. The number of hydrogen-bond acceptors (Lipinski definition) is 1. The molecule has 1 aliphatic rings. The molecule has 0 amide bonds. The van der Waals surface area contributed by atoms with E-state index in [1.54, 1.807) is 0 Å². The highest BCUT2D eigenvalue weighted by Crippen LogP contribution is 2.37. The second kappa shape index (κ2) is 5.94. The molecule has 3 rings (SSSR count). The van der Waals surface area contributed by atoms with Crippen LogP contribution in [0.1, 0.15) is 33.9 Å². The van der Waals surface area contributed by atoms with Crippen molar-refractivity contribution in [2.75, 3.05) is 7.05 Å². The fraction of sp³-hybridized carbons (Fsp3) is 0.368. The summed E-state index contributed by atoms with van der Waals surface area (Å²) < 4.78 is 1.20. The minimum absolute atomic E-state index is 0.421. The summed E-state index contributed by atoms with van der Waals surface area (Å²) in [6.45, 7) is 4.38. The lowest BCUT2D eigenvalue weighted by atomic mass is 9.87. The van der Waals surface area contributed by atoms with Crippen LogP contribution in [0.3, 0.4) is 0 Å². The van der Waals surface area contributed by atoms with Crippen molar-refractivity contribution in [3.63, 3.8) is 0 Å². The fourth-order valence-corrected chi connectivity index (χ4v) is 4.07. The first-order valence-electron chi connectivity index (χ1n) is 7.61.